The van der Waals surface area contributed by atoms with Crippen LogP contribution in [0.3, 0.4) is 0 Å². The summed E-state index contributed by atoms with van der Waals surface area (Å²) in [7, 11) is 0. The average molecular weight is 311 g/mol. The zero-order valence-corrected chi connectivity index (χ0v) is 12.1. The minimum atomic E-state index is -0.282. The quantitative estimate of drug-likeness (QED) is 0.898. The van der Waals surface area contributed by atoms with E-state index in [2.05, 4.69) is 40.1 Å². The number of halogens is 2. The molecule has 0 amide bonds. The van der Waals surface area contributed by atoms with Gasteiger partial charge in [0, 0.05) is 16.4 Å². The van der Waals surface area contributed by atoms with Crippen LogP contribution in [0, 0.1) is 5.82 Å². The monoisotopic (exact) mass is 310 g/mol. The molecule has 0 saturated carbocycles. The highest BCUT2D eigenvalue weighted by molar-refractivity contribution is 9.10. The molecule has 0 bridgehead atoms. The van der Waals surface area contributed by atoms with Crippen LogP contribution < -0.4 is 5.32 Å². The molecule has 96 valence electrons. The van der Waals surface area contributed by atoms with Crippen LogP contribution in [0.15, 0.2) is 22.7 Å². The third-order valence-corrected chi connectivity index (χ3v) is 3.58. The molecule has 0 aliphatic rings. The molecule has 18 heavy (non-hydrogen) atoms. The number of fused-ring (bicyclic) bond motifs is 1. The maximum atomic E-state index is 13.8. The van der Waals surface area contributed by atoms with Crippen LogP contribution >= 0.6 is 15.9 Å². The number of aromatic nitrogens is 1. The van der Waals surface area contributed by atoms with Gasteiger partial charge in [-0.15, -0.1) is 0 Å². The molecule has 0 fully saturated rings. The molecule has 2 rings (SSSR count). The van der Waals surface area contributed by atoms with Crippen LogP contribution in [-0.2, 0) is 6.42 Å². The van der Waals surface area contributed by atoms with Crippen LogP contribution in [-0.4, -0.2) is 11.5 Å². The molecule has 1 heterocycles. The zero-order chi connectivity index (χ0) is 13.1. The molecule has 0 aliphatic carbocycles. The van der Waals surface area contributed by atoms with Gasteiger partial charge in [0.1, 0.15) is 17.2 Å². The van der Waals surface area contributed by atoms with Gasteiger partial charge in [0.05, 0.1) is 0 Å². The zero-order valence-electron chi connectivity index (χ0n) is 10.6. The van der Waals surface area contributed by atoms with Gasteiger partial charge in [-0.05, 0) is 36.6 Å². The molecular formula is C14H16BrFN2. The molecule has 0 saturated heterocycles. The molecule has 0 radical (unpaired) electrons. The number of anilines is 1. The topological polar surface area (TPSA) is 24.9 Å². The molecule has 4 heteroatoms. The summed E-state index contributed by atoms with van der Waals surface area (Å²) in [6.45, 7) is 5.02. The number of rotatable bonds is 4. The predicted octanol–water partition coefficient (Wildman–Crippen LogP) is 4.52. The summed E-state index contributed by atoms with van der Waals surface area (Å²) in [4.78, 5) is 4.43. The fraction of sp³-hybridized carbons (Fsp3) is 0.357. The fourth-order valence-corrected chi connectivity index (χ4v) is 2.33. The predicted molar refractivity (Wildman–Crippen MR) is 77.6 cm³/mol. The van der Waals surface area contributed by atoms with Gasteiger partial charge in [-0.1, -0.05) is 29.8 Å². The van der Waals surface area contributed by atoms with Gasteiger partial charge in [0.25, 0.3) is 0 Å². The van der Waals surface area contributed by atoms with Gasteiger partial charge in [0.15, 0.2) is 0 Å². The van der Waals surface area contributed by atoms with Crippen molar-refractivity contribution in [3.63, 3.8) is 0 Å². The summed E-state index contributed by atoms with van der Waals surface area (Å²) in [6.07, 6.45) is 1.89. The third kappa shape index (κ3) is 2.48. The van der Waals surface area contributed by atoms with Crippen molar-refractivity contribution in [1.29, 1.82) is 0 Å². The summed E-state index contributed by atoms with van der Waals surface area (Å²) in [5.74, 6) is 0.513. The lowest BCUT2D eigenvalue weighted by Crippen LogP contribution is -2.06. The number of benzene rings is 1. The second-order valence-electron chi connectivity index (χ2n) is 4.20. The molecule has 0 aliphatic heterocycles. The maximum Gasteiger partial charge on any atom is 0.149 e. The second-order valence-corrected chi connectivity index (χ2v) is 5.06. The first-order valence-corrected chi connectivity index (χ1v) is 6.98. The lowest BCUT2D eigenvalue weighted by atomic mass is 10.1. The molecule has 0 spiro atoms. The normalized spacial score (nSPS) is 10.9. The largest absolute Gasteiger partial charge is 0.370 e. The Morgan fingerprint density at radius 1 is 1.33 bits per heavy atom. The first-order chi connectivity index (χ1) is 8.67. The summed E-state index contributed by atoms with van der Waals surface area (Å²) in [5.41, 5.74) is 1.53. The molecule has 1 N–H and O–H groups in total. The second kappa shape index (κ2) is 5.65. The number of hydrogen-bond acceptors (Lipinski definition) is 2. The molecule has 2 aromatic rings. The van der Waals surface area contributed by atoms with Crippen molar-refractivity contribution in [3.8, 4) is 0 Å². The van der Waals surface area contributed by atoms with Gasteiger partial charge in [0.2, 0.25) is 0 Å². The molecule has 0 atom stereocenters. The van der Waals surface area contributed by atoms with Crippen molar-refractivity contribution in [2.24, 2.45) is 0 Å². The highest BCUT2D eigenvalue weighted by Gasteiger charge is 2.10. The van der Waals surface area contributed by atoms with E-state index in [4.69, 9.17) is 0 Å². The van der Waals surface area contributed by atoms with Crippen molar-refractivity contribution in [2.45, 2.75) is 26.7 Å². The molecular weight excluding hydrogens is 295 g/mol. The number of pyridine rings is 1. The average Bonchev–Trinajstić information content (AvgIpc) is 2.40. The number of nitrogens with zero attached hydrogens (tertiary/aromatic N) is 1. The molecule has 2 nitrogen and oxygen atoms in total. The van der Waals surface area contributed by atoms with E-state index < -0.39 is 0 Å². The Morgan fingerprint density at radius 3 is 2.78 bits per heavy atom. The Morgan fingerprint density at radius 2 is 2.11 bits per heavy atom. The summed E-state index contributed by atoms with van der Waals surface area (Å²) in [5, 5.41) is 4.09. The van der Waals surface area contributed by atoms with Crippen molar-refractivity contribution in [2.75, 3.05) is 11.9 Å². The minimum Gasteiger partial charge on any atom is -0.370 e. The van der Waals surface area contributed by atoms with Gasteiger partial charge in [-0.25, -0.2) is 9.37 Å². The van der Waals surface area contributed by atoms with Crippen molar-refractivity contribution < 1.29 is 4.39 Å². The smallest absolute Gasteiger partial charge is 0.149 e. The Kier molecular flexibility index (Phi) is 4.17. The van der Waals surface area contributed by atoms with Crippen molar-refractivity contribution in [1.82, 2.24) is 4.98 Å². The van der Waals surface area contributed by atoms with Crippen LogP contribution in [0.25, 0.3) is 10.9 Å². The van der Waals surface area contributed by atoms with E-state index >= 15 is 0 Å². The van der Waals surface area contributed by atoms with Crippen LogP contribution in [0.1, 0.15) is 25.8 Å². The lowest BCUT2D eigenvalue weighted by Gasteiger charge is -2.12. The third-order valence-electron chi connectivity index (χ3n) is 2.88. The molecule has 1 aromatic heterocycles. The van der Waals surface area contributed by atoms with Gasteiger partial charge in [-0.2, -0.15) is 0 Å². The standard InChI is InChI=1S/C14H16BrFN2/c1-3-7-17-14-9(4-2)8-10-11(15)5-6-12(16)13(10)18-14/h5-6,8H,3-4,7H2,1-2H3,(H,17,18). The maximum absolute atomic E-state index is 13.8. The van der Waals surface area contributed by atoms with E-state index in [-0.39, 0.29) is 5.82 Å². The van der Waals surface area contributed by atoms with Crippen LogP contribution in [0.5, 0.6) is 0 Å². The van der Waals surface area contributed by atoms with Crippen molar-refractivity contribution >= 4 is 32.7 Å². The van der Waals surface area contributed by atoms with Crippen LogP contribution in [0.2, 0.25) is 0 Å². The van der Waals surface area contributed by atoms with E-state index in [1.54, 1.807) is 6.07 Å². The van der Waals surface area contributed by atoms with Gasteiger partial charge in [-0.3, -0.25) is 0 Å². The Bertz CT molecular complexity index is 569. The number of nitrogens with one attached hydrogen (secondary N) is 1. The first kappa shape index (κ1) is 13.3. The van der Waals surface area contributed by atoms with Crippen LogP contribution in [0.4, 0.5) is 10.2 Å². The van der Waals surface area contributed by atoms with E-state index in [0.29, 0.717) is 5.52 Å². The summed E-state index contributed by atoms with van der Waals surface area (Å²) >= 11 is 3.44. The van der Waals surface area contributed by atoms with E-state index in [0.717, 1.165) is 40.6 Å². The highest BCUT2D eigenvalue weighted by atomic mass is 79.9. The van der Waals surface area contributed by atoms with Gasteiger partial charge < -0.3 is 5.32 Å². The number of hydrogen-bond donors (Lipinski definition) is 1. The van der Waals surface area contributed by atoms with Crippen molar-refractivity contribution in [3.05, 3.63) is 34.1 Å². The van der Waals surface area contributed by atoms with Gasteiger partial charge >= 0.3 is 0 Å². The lowest BCUT2D eigenvalue weighted by molar-refractivity contribution is 0.636. The molecule has 1 aromatic carbocycles. The summed E-state index contributed by atoms with van der Waals surface area (Å²) in [6, 6.07) is 5.17. The minimum absolute atomic E-state index is 0.282. The molecule has 0 unspecified atom stereocenters. The highest BCUT2D eigenvalue weighted by Crippen LogP contribution is 2.29. The SMILES string of the molecule is CCCNc1nc2c(F)ccc(Br)c2cc1CC. The Labute approximate surface area is 115 Å². The Balaban J connectivity index is 2.61. The first-order valence-electron chi connectivity index (χ1n) is 6.18. The van der Waals surface area contributed by atoms with E-state index in [1.165, 1.54) is 6.07 Å². The van der Waals surface area contributed by atoms with E-state index in [1.807, 2.05) is 6.07 Å². The number of aryl methyl sites for hydroxylation is 1. The fourth-order valence-electron chi connectivity index (χ4n) is 1.90. The van der Waals surface area contributed by atoms with E-state index in [9.17, 15) is 4.39 Å². The Hall–Kier alpha value is -1.16. The summed E-state index contributed by atoms with van der Waals surface area (Å²) < 4.78 is 14.7.